The zero-order valence-electron chi connectivity index (χ0n) is 9.41. The highest BCUT2D eigenvalue weighted by Gasteiger charge is 2.16. The summed E-state index contributed by atoms with van der Waals surface area (Å²) in [5.41, 5.74) is 1.33. The Morgan fingerprint density at radius 1 is 1.69 bits per heavy atom. The molecule has 90 valence electrons. The van der Waals surface area contributed by atoms with Gasteiger partial charge in [0.25, 0.3) is 0 Å². The van der Waals surface area contributed by atoms with Crippen LogP contribution in [0.3, 0.4) is 0 Å². The van der Waals surface area contributed by atoms with Crippen molar-refractivity contribution < 1.29 is 4.74 Å². The van der Waals surface area contributed by atoms with Crippen LogP contribution in [0.5, 0.6) is 0 Å². The summed E-state index contributed by atoms with van der Waals surface area (Å²) in [6, 6.07) is 2.16. The fraction of sp³-hybridized carbons (Fsp3) is 0.636. The van der Waals surface area contributed by atoms with Gasteiger partial charge in [-0.05, 0) is 40.0 Å². The molecule has 16 heavy (non-hydrogen) atoms. The highest BCUT2D eigenvalue weighted by atomic mass is 79.9. The molecule has 1 aliphatic rings. The lowest BCUT2D eigenvalue weighted by Crippen LogP contribution is -2.44. The maximum atomic E-state index is 5.68. The molecule has 1 saturated heterocycles. The molecule has 1 fully saturated rings. The normalized spacial score (nSPS) is 22.5. The molecule has 0 spiro atoms. The van der Waals surface area contributed by atoms with E-state index in [1.807, 2.05) is 0 Å². The van der Waals surface area contributed by atoms with Crippen LogP contribution in [0.25, 0.3) is 0 Å². The standard InChI is InChI=1S/C11H17BrN2OS/c1-14-2-3-15-10(7-14)6-13-5-9-4-11(12)16-8-9/h4,8,10,13H,2-3,5-7H2,1H3/t10-/m0/s1. The zero-order valence-corrected chi connectivity index (χ0v) is 11.8. The number of halogens is 1. The van der Waals surface area contributed by atoms with Gasteiger partial charge in [-0.2, -0.15) is 0 Å². The number of likely N-dealkylation sites (N-methyl/N-ethyl adjacent to an activating group) is 1. The van der Waals surface area contributed by atoms with Gasteiger partial charge in [0.15, 0.2) is 0 Å². The van der Waals surface area contributed by atoms with Gasteiger partial charge in [0.2, 0.25) is 0 Å². The molecule has 0 bridgehead atoms. The van der Waals surface area contributed by atoms with E-state index < -0.39 is 0 Å². The Morgan fingerprint density at radius 2 is 2.56 bits per heavy atom. The second-order valence-corrected chi connectivity index (χ2v) is 6.44. The van der Waals surface area contributed by atoms with Crippen molar-refractivity contribution in [1.82, 2.24) is 10.2 Å². The molecule has 5 heteroatoms. The Morgan fingerprint density at radius 3 is 3.25 bits per heavy atom. The first-order valence-electron chi connectivity index (χ1n) is 5.48. The molecule has 1 aliphatic heterocycles. The number of hydrogen-bond donors (Lipinski definition) is 1. The van der Waals surface area contributed by atoms with Crippen LogP contribution in [0.4, 0.5) is 0 Å². The van der Waals surface area contributed by atoms with Gasteiger partial charge in [0.05, 0.1) is 16.5 Å². The van der Waals surface area contributed by atoms with Gasteiger partial charge >= 0.3 is 0 Å². The summed E-state index contributed by atoms with van der Waals surface area (Å²) in [6.45, 7) is 4.78. The molecule has 0 radical (unpaired) electrons. The lowest BCUT2D eigenvalue weighted by Gasteiger charge is -2.30. The fourth-order valence-corrected chi connectivity index (χ4v) is 3.02. The number of nitrogens with zero attached hydrogens (tertiary/aromatic N) is 1. The molecule has 0 aromatic carbocycles. The lowest BCUT2D eigenvalue weighted by atomic mass is 10.2. The first-order valence-corrected chi connectivity index (χ1v) is 7.15. The van der Waals surface area contributed by atoms with E-state index in [1.54, 1.807) is 11.3 Å². The highest BCUT2D eigenvalue weighted by molar-refractivity contribution is 9.11. The van der Waals surface area contributed by atoms with Crippen molar-refractivity contribution in [1.29, 1.82) is 0 Å². The van der Waals surface area contributed by atoms with Crippen LogP contribution in [0.2, 0.25) is 0 Å². The molecule has 0 amide bonds. The number of nitrogens with one attached hydrogen (secondary N) is 1. The summed E-state index contributed by atoms with van der Waals surface area (Å²) >= 11 is 5.20. The van der Waals surface area contributed by atoms with E-state index in [0.717, 1.165) is 32.8 Å². The van der Waals surface area contributed by atoms with E-state index in [9.17, 15) is 0 Å². The van der Waals surface area contributed by atoms with Crippen LogP contribution in [0, 0.1) is 0 Å². The molecule has 0 aliphatic carbocycles. The van der Waals surface area contributed by atoms with E-state index >= 15 is 0 Å². The Balaban J connectivity index is 1.67. The predicted octanol–water partition coefficient (Wildman–Crippen LogP) is 1.93. The number of hydrogen-bond acceptors (Lipinski definition) is 4. The van der Waals surface area contributed by atoms with Gasteiger partial charge < -0.3 is 15.0 Å². The topological polar surface area (TPSA) is 24.5 Å². The summed E-state index contributed by atoms with van der Waals surface area (Å²) < 4.78 is 6.87. The minimum atomic E-state index is 0.334. The van der Waals surface area contributed by atoms with Crippen molar-refractivity contribution in [3.63, 3.8) is 0 Å². The second-order valence-electron chi connectivity index (χ2n) is 4.15. The first kappa shape index (κ1) is 12.5. The van der Waals surface area contributed by atoms with E-state index in [4.69, 9.17) is 4.74 Å². The minimum absolute atomic E-state index is 0.334. The van der Waals surface area contributed by atoms with Crippen LogP contribution >= 0.6 is 27.3 Å². The summed E-state index contributed by atoms with van der Waals surface area (Å²) in [5, 5.41) is 5.61. The average molecular weight is 305 g/mol. The molecule has 2 rings (SSSR count). The summed E-state index contributed by atoms with van der Waals surface area (Å²) in [6.07, 6.45) is 0.334. The summed E-state index contributed by atoms with van der Waals surface area (Å²) in [7, 11) is 2.14. The fourth-order valence-electron chi connectivity index (χ4n) is 1.81. The van der Waals surface area contributed by atoms with Crippen molar-refractivity contribution >= 4 is 27.3 Å². The maximum absolute atomic E-state index is 5.68. The molecule has 3 nitrogen and oxygen atoms in total. The molecule has 1 atom stereocenters. The van der Waals surface area contributed by atoms with Gasteiger partial charge in [0, 0.05) is 26.2 Å². The van der Waals surface area contributed by atoms with Gasteiger partial charge in [-0.15, -0.1) is 11.3 Å². The van der Waals surface area contributed by atoms with Crippen LogP contribution in [0.15, 0.2) is 15.2 Å². The van der Waals surface area contributed by atoms with Crippen LogP contribution < -0.4 is 5.32 Å². The van der Waals surface area contributed by atoms with E-state index in [1.165, 1.54) is 9.35 Å². The molecule has 1 aromatic heterocycles. The Hall–Kier alpha value is 0.0600. The second kappa shape index (κ2) is 6.12. The van der Waals surface area contributed by atoms with Gasteiger partial charge in [-0.25, -0.2) is 0 Å². The Bertz CT molecular complexity index is 332. The number of morpholine rings is 1. The van der Waals surface area contributed by atoms with E-state index in [-0.39, 0.29) is 0 Å². The minimum Gasteiger partial charge on any atom is -0.374 e. The number of thiophene rings is 1. The Kier molecular flexibility index (Phi) is 4.79. The van der Waals surface area contributed by atoms with Crippen molar-refractivity contribution in [3.05, 3.63) is 20.8 Å². The van der Waals surface area contributed by atoms with Crippen LogP contribution in [0.1, 0.15) is 5.56 Å². The maximum Gasteiger partial charge on any atom is 0.0826 e. The molecular weight excluding hydrogens is 288 g/mol. The molecule has 2 heterocycles. The van der Waals surface area contributed by atoms with Crippen molar-refractivity contribution in [3.8, 4) is 0 Å². The molecule has 1 aromatic rings. The highest BCUT2D eigenvalue weighted by Crippen LogP contribution is 2.20. The quantitative estimate of drug-likeness (QED) is 0.920. The third kappa shape index (κ3) is 3.82. The zero-order chi connectivity index (χ0) is 11.4. The summed E-state index contributed by atoms with van der Waals surface area (Å²) in [5.74, 6) is 0. The van der Waals surface area contributed by atoms with Gasteiger partial charge in [-0.3, -0.25) is 0 Å². The van der Waals surface area contributed by atoms with Gasteiger partial charge in [-0.1, -0.05) is 0 Å². The largest absolute Gasteiger partial charge is 0.374 e. The van der Waals surface area contributed by atoms with Gasteiger partial charge in [0.1, 0.15) is 0 Å². The average Bonchev–Trinajstić information content (AvgIpc) is 2.64. The molecule has 0 unspecified atom stereocenters. The number of rotatable bonds is 4. The van der Waals surface area contributed by atoms with Crippen molar-refractivity contribution in [2.45, 2.75) is 12.6 Å². The third-order valence-electron chi connectivity index (χ3n) is 2.66. The molecular formula is C11H17BrN2OS. The van der Waals surface area contributed by atoms with E-state index in [2.05, 4.69) is 44.6 Å². The predicted molar refractivity (Wildman–Crippen MR) is 71.0 cm³/mol. The van der Waals surface area contributed by atoms with Crippen molar-refractivity contribution in [2.75, 3.05) is 33.3 Å². The monoisotopic (exact) mass is 304 g/mol. The lowest BCUT2D eigenvalue weighted by molar-refractivity contribution is -0.0182. The number of ether oxygens (including phenoxy) is 1. The van der Waals surface area contributed by atoms with Crippen LogP contribution in [-0.2, 0) is 11.3 Å². The van der Waals surface area contributed by atoms with E-state index in [0.29, 0.717) is 6.10 Å². The SMILES string of the molecule is CN1CCO[C@@H](CNCc2csc(Br)c2)C1. The first-order chi connectivity index (χ1) is 7.74. The van der Waals surface area contributed by atoms with Crippen LogP contribution in [-0.4, -0.2) is 44.3 Å². The smallest absolute Gasteiger partial charge is 0.0826 e. The molecule has 1 N–H and O–H groups in total. The molecule has 0 saturated carbocycles. The third-order valence-corrected chi connectivity index (χ3v) is 4.22. The Labute approximate surface area is 109 Å². The van der Waals surface area contributed by atoms with Crippen molar-refractivity contribution in [2.24, 2.45) is 0 Å². The summed E-state index contributed by atoms with van der Waals surface area (Å²) in [4.78, 5) is 2.32.